The van der Waals surface area contributed by atoms with Gasteiger partial charge in [-0.05, 0) is 48.7 Å². The van der Waals surface area contributed by atoms with Gasteiger partial charge in [-0.25, -0.2) is 4.79 Å². The Labute approximate surface area is 187 Å². The zero-order valence-electron chi connectivity index (χ0n) is 18.5. The molecule has 0 bridgehead atoms. The molecule has 0 atom stereocenters. The van der Waals surface area contributed by atoms with Gasteiger partial charge in [0.05, 0.1) is 25.3 Å². The number of nitrogens with one attached hydrogen (secondary N) is 2. The monoisotopic (exact) mass is 436 g/mol. The number of nitrogens with zero attached hydrogens (tertiary/aromatic N) is 2. The predicted octanol–water partition coefficient (Wildman–Crippen LogP) is 2.91. The minimum absolute atomic E-state index is 0.112. The summed E-state index contributed by atoms with van der Waals surface area (Å²) in [5.74, 6) is -0.112. The SMILES string of the molecule is Cc1[nH]c(C=C2C(=O)Nc3ccc(CN4CCOC4=O)cc32)c(C)c1CN1CCOCC1. The van der Waals surface area contributed by atoms with E-state index in [2.05, 4.69) is 29.0 Å². The van der Waals surface area contributed by atoms with Crippen LogP contribution in [0.4, 0.5) is 10.5 Å². The molecule has 2 saturated heterocycles. The Morgan fingerprint density at radius 1 is 1.06 bits per heavy atom. The largest absolute Gasteiger partial charge is 0.448 e. The molecule has 168 valence electrons. The third-order valence-corrected chi connectivity index (χ3v) is 6.49. The number of cyclic esters (lactones) is 1. The molecule has 4 heterocycles. The van der Waals surface area contributed by atoms with Crippen molar-refractivity contribution in [1.82, 2.24) is 14.8 Å². The maximum absolute atomic E-state index is 12.8. The van der Waals surface area contributed by atoms with Gasteiger partial charge in [0, 0.05) is 48.8 Å². The summed E-state index contributed by atoms with van der Waals surface area (Å²) in [6.07, 6.45) is 1.65. The molecule has 0 saturated carbocycles. The zero-order valence-corrected chi connectivity index (χ0v) is 18.5. The summed E-state index contributed by atoms with van der Waals surface area (Å²) >= 11 is 0. The molecular weight excluding hydrogens is 408 g/mol. The number of ether oxygens (including phenoxy) is 2. The number of amides is 2. The van der Waals surface area contributed by atoms with Crippen LogP contribution >= 0.6 is 0 Å². The van der Waals surface area contributed by atoms with Crippen LogP contribution in [0.2, 0.25) is 0 Å². The van der Waals surface area contributed by atoms with Gasteiger partial charge in [-0.1, -0.05) is 6.07 Å². The minimum atomic E-state index is -0.291. The van der Waals surface area contributed by atoms with Crippen LogP contribution in [0, 0.1) is 13.8 Å². The zero-order chi connectivity index (χ0) is 22.2. The van der Waals surface area contributed by atoms with E-state index in [1.54, 1.807) is 4.90 Å². The van der Waals surface area contributed by atoms with Crippen molar-refractivity contribution in [2.75, 3.05) is 44.8 Å². The summed E-state index contributed by atoms with van der Waals surface area (Å²) < 4.78 is 10.5. The molecule has 2 aromatic rings. The number of H-pyrrole nitrogens is 1. The van der Waals surface area contributed by atoms with Crippen LogP contribution in [0.3, 0.4) is 0 Å². The molecule has 1 aromatic heterocycles. The predicted molar refractivity (Wildman–Crippen MR) is 121 cm³/mol. The van der Waals surface area contributed by atoms with E-state index in [4.69, 9.17) is 9.47 Å². The van der Waals surface area contributed by atoms with E-state index in [0.717, 1.165) is 61.1 Å². The lowest BCUT2D eigenvalue weighted by Crippen LogP contribution is -2.35. The van der Waals surface area contributed by atoms with E-state index in [-0.39, 0.29) is 12.0 Å². The summed E-state index contributed by atoms with van der Waals surface area (Å²) in [6.45, 7) is 9.96. The minimum Gasteiger partial charge on any atom is -0.448 e. The number of rotatable bonds is 5. The van der Waals surface area contributed by atoms with E-state index in [1.807, 2.05) is 24.3 Å². The number of morpholine rings is 1. The average Bonchev–Trinajstić information content (AvgIpc) is 3.41. The lowest BCUT2D eigenvalue weighted by Gasteiger charge is -2.26. The Hall–Kier alpha value is -3.10. The summed E-state index contributed by atoms with van der Waals surface area (Å²) in [7, 11) is 0. The first kappa shape index (κ1) is 20.8. The molecule has 2 N–H and O–H groups in total. The Morgan fingerprint density at radius 2 is 1.88 bits per heavy atom. The Kier molecular flexibility index (Phi) is 5.48. The van der Waals surface area contributed by atoms with E-state index in [9.17, 15) is 9.59 Å². The normalized spacial score (nSPS) is 20.1. The maximum Gasteiger partial charge on any atom is 0.410 e. The van der Waals surface area contributed by atoms with Crippen LogP contribution in [0.15, 0.2) is 18.2 Å². The van der Waals surface area contributed by atoms with E-state index < -0.39 is 0 Å². The van der Waals surface area contributed by atoms with Crippen molar-refractivity contribution in [3.8, 4) is 0 Å². The molecular formula is C24H28N4O4. The van der Waals surface area contributed by atoms with Crippen molar-refractivity contribution < 1.29 is 19.1 Å². The van der Waals surface area contributed by atoms with E-state index >= 15 is 0 Å². The highest BCUT2D eigenvalue weighted by molar-refractivity contribution is 6.34. The molecule has 1 aromatic carbocycles. The van der Waals surface area contributed by atoms with Crippen molar-refractivity contribution in [2.24, 2.45) is 0 Å². The highest BCUT2D eigenvalue weighted by Gasteiger charge is 2.27. The van der Waals surface area contributed by atoms with Crippen molar-refractivity contribution in [1.29, 1.82) is 0 Å². The number of carbonyl (C=O) groups excluding carboxylic acids is 2. The lowest BCUT2D eigenvalue weighted by atomic mass is 10.0. The maximum atomic E-state index is 12.8. The second-order valence-corrected chi connectivity index (χ2v) is 8.58. The number of carbonyl (C=O) groups is 2. The standard InChI is InChI=1S/C24H28N4O4/c1-15-20(14-27-5-8-31-9-6-27)16(2)25-22(15)12-19-18-11-17(3-4-21(18)26-23(19)29)13-28-7-10-32-24(28)30/h3-4,11-12,25H,5-10,13-14H2,1-2H3,(H,26,29). The summed E-state index contributed by atoms with van der Waals surface area (Å²) in [4.78, 5) is 32.1. The number of aromatic amines is 1. The number of hydrogen-bond acceptors (Lipinski definition) is 5. The highest BCUT2D eigenvalue weighted by atomic mass is 16.6. The molecule has 8 nitrogen and oxygen atoms in total. The topological polar surface area (TPSA) is 86.9 Å². The number of hydrogen-bond donors (Lipinski definition) is 2. The fourth-order valence-corrected chi connectivity index (χ4v) is 4.59. The quantitative estimate of drug-likeness (QED) is 0.704. The third kappa shape index (κ3) is 3.91. The van der Waals surface area contributed by atoms with Gasteiger partial charge in [-0.3, -0.25) is 9.69 Å². The van der Waals surface area contributed by atoms with Crippen LogP contribution in [0.5, 0.6) is 0 Å². The molecule has 0 spiro atoms. The molecule has 2 amide bonds. The second kappa shape index (κ2) is 8.44. The molecule has 5 rings (SSSR count). The van der Waals surface area contributed by atoms with Gasteiger partial charge in [-0.2, -0.15) is 0 Å². The molecule has 0 radical (unpaired) electrons. The number of benzene rings is 1. The Balaban J connectivity index is 1.42. The number of aromatic nitrogens is 1. The molecule has 3 aliphatic rings. The van der Waals surface area contributed by atoms with E-state index in [1.165, 1.54) is 11.1 Å². The molecule has 32 heavy (non-hydrogen) atoms. The van der Waals surface area contributed by atoms with Gasteiger partial charge in [0.15, 0.2) is 0 Å². The first-order valence-electron chi connectivity index (χ1n) is 11.1. The first-order chi connectivity index (χ1) is 15.5. The van der Waals surface area contributed by atoms with Crippen molar-refractivity contribution in [3.05, 3.63) is 51.8 Å². The molecule has 3 aliphatic heterocycles. The number of fused-ring (bicyclic) bond motifs is 1. The van der Waals surface area contributed by atoms with Crippen LogP contribution in [0.25, 0.3) is 11.6 Å². The van der Waals surface area contributed by atoms with Gasteiger partial charge >= 0.3 is 6.09 Å². The second-order valence-electron chi connectivity index (χ2n) is 8.58. The average molecular weight is 437 g/mol. The van der Waals surface area contributed by atoms with Gasteiger partial charge in [0.2, 0.25) is 0 Å². The van der Waals surface area contributed by atoms with Crippen molar-refractivity contribution >= 4 is 29.3 Å². The fourth-order valence-electron chi connectivity index (χ4n) is 4.59. The van der Waals surface area contributed by atoms with Crippen LogP contribution in [0.1, 0.15) is 33.6 Å². The van der Waals surface area contributed by atoms with Crippen LogP contribution in [-0.4, -0.2) is 66.2 Å². The fraction of sp³-hybridized carbons (Fsp3) is 0.417. The summed E-state index contributed by atoms with van der Waals surface area (Å²) in [5, 5.41) is 2.96. The third-order valence-electron chi connectivity index (χ3n) is 6.49. The summed E-state index contributed by atoms with van der Waals surface area (Å²) in [5.41, 5.74) is 7.78. The van der Waals surface area contributed by atoms with Crippen molar-refractivity contribution in [3.63, 3.8) is 0 Å². The summed E-state index contributed by atoms with van der Waals surface area (Å²) in [6, 6.07) is 5.84. The molecule has 0 unspecified atom stereocenters. The first-order valence-corrected chi connectivity index (χ1v) is 11.1. The Bertz CT molecular complexity index is 1100. The van der Waals surface area contributed by atoms with Crippen LogP contribution < -0.4 is 5.32 Å². The van der Waals surface area contributed by atoms with Gasteiger partial charge in [0.25, 0.3) is 5.91 Å². The number of anilines is 1. The van der Waals surface area contributed by atoms with Crippen LogP contribution in [-0.2, 0) is 27.4 Å². The lowest BCUT2D eigenvalue weighted by molar-refractivity contribution is -0.110. The Morgan fingerprint density at radius 3 is 2.62 bits per heavy atom. The van der Waals surface area contributed by atoms with Gasteiger partial charge < -0.3 is 24.7 Å². The highest BCUT2D eigenvalue weighted by Crippen LogP contribution is 2.35. The molecule has 8 heteroatoms. The smallest absolute Gasteiger partial charge is 0.410 e. The molecule has 0 aliphatic carbocycles. The van der Waals surface area contributed by atoms with Crippen molar-refractivity contribution in [2.45, 2.75) is 26.9 Å². The number of aryl methyl sites for hydroxylation is 1. The van der Waals surface area contributed by atoms with Gasteiger partial charge in [-0.15, -0.1) is 0 Å². The molecule has 2 fully saturated rings. The van der Waals surface area contributed by atoms with E-state index in [0.29, 0.717) is 25.3 Å². The van der Waals surface area contributed by atoms with Gasteiger partial charge in [0.1, 0.15) is 6.61 Å².